The van der Waals surface area contributed by atoms with Gasteiger partial charge in [-0.3, -0.25) is 4.79 Å². The van der Waals surface area contributed by atoms with Gasteiger partial charge in [-0.25, -0.2) is 9.59 Å². The van der Waals surface area contributed by atoms with Crippen LogP contribution in [0.2, 0.25) is 0 Å². The molecule has 0 aromatic carbocycles. The van der Waals surface area contributed by atoms with E-state index in [1.807, 2.05) is 6.08 Å². The number of carboxylic acids is 1. The van der Waals surface area contributed by atoms with Gasteiger partial charge in [-0.2, -0.15) is 0 Å². The van der Waals surface area contributed by atoms with E-state index in [0.717, 1.165) is 44.9 Å². The molecule has 0 fully saturated rings. The van der Waals surface area contributed by atoms with Gasteiger partial charge in [-0.15, -0.1) is 6.58 Å². The van der Waals surface area contributed by atoms with Gasteiger partial charge < -0.3 is 20.5 Å². The number of nitrogens with one attached hydrogen (secondary N) is 2. The van der Waals surface area contributed by atoms with Crippen LogP contribution in [-0.4, -0.2) is 41.3 Å². The van der Waals surface area contributed by atoms with Crippen LogP contribution in [0, 0.1) is 0 Å². The molecule has 2 amide bonds. The lowest BCUT2D eigenvalue weighted by Gasteiger charge is -2.21. The Hall–Kier alpha value is -2.05. The van der Waals surface area contributed by atoms with Crippen LogP contribution in [0.4, 0.5) is 4.79 Å². The van der Waals surface area contributed by atoms with Gasteiger partial charge in [-0.1, -0.05) is 31.8 Å². The number of aliphatic carboxylic acids is 1. The maximum Gasteiger partial charge on any atom is 0.407 e. The number of carboxylic acid groups (broad SMARTS) is 1. The van der Waals surface area contributed by atoms with Gasteiger partial charge in [0, 0.05) is 6.42 Å². The molecule has 0 spiro atoms. The number of hydrogen-bond donors (Lipinski definition) is 3. The Bertz CT molecular complexity index is 457. The predicted octanol–water partition coefficient (Wildman–Crippen LogP) is 3.39. The second-order valence-corrected chi connectivity index (χ2v) is 7.29. The summed E-state index contributed by atoms with van der Waals surface area (Å²) in [4.78, 5) is 34.7. The van der Waals surface area contributed by atoms with Gasteiger partial charge >= 0.3 is 12.1 Å². The lowest BCUT2D eigenvalue weighted by atomic mass is 10.1. The van der Waals surface area contributed by atoms with Crippen LogP contribution in [0.25, 0.3) is 0 Å². The quantitative estimate of drug-likeness (QED) is 0.340. The highest BCUT2D eigenvalue weighted by Crippen LogP contribution is 2.09. The van der Waals surface area contributed by atoms with Crippen LogP contribution in [-0.2, 0) is 14.3 Å². The Kier molecular flexibility index (Phi) is 12.2. The molecule has 0 aliphatic heterocycles. The monoisotopic (exact) mass is 370 g/mol. The van der Waals surface area contributed by atoms with E-state index < -0.39 is 23.7 Å². The molecule has 1 unspecified atom stereocenters. The highest BCUT2D eigenvalue weighted by atomic mass is 16.6. The van der Waals surface area contributed by atoms with Crippen LogP contribution >= 0.6 is 0 Å². The van der Waals surface area contributed by atoms with Crippen LogP contribution in [0.15, 0.2) is 12.7 Å². The van der Waals surface area contributed by atoms with E-state index in [1.165, 1.54) is 0 Å². The number of ether oxygens (including phenoxy) is 1. The summed E-state index contributed by atoms with van der Waals surface area (Å²) in [6.07, 6.45) is 8.69. The standard InChI is InChI=1S/C19H34N2O5/c1-5-6-7-8-9-10-11-12-13-16(22)21-15(17(23)24)14-20-18(25)26-19(2,3)4/h5,15H,1,6-14H2,2-4H3,(H,20,25)(H,21,22)(H,23,24). The number of allylic oxidation sites excluding steroid dienone is 1. The summed E-state index contributed by atoms with van der Waals surface area (Å²) in [7, 11) is 0. The van der Waals surface area contributed by atoms with E-state index in [4.69, 9.17) is 9.84 Å². The highest BCUT2D eigenvalue weighted by molar-refractivity contribution is 5.84. The molecule has 1 atom stereocenters. The van der Waals surface area contributed by atoms with Crippen molar-refractivity contribution in [2.24, 2.45) is 0 Å². The maximum atomic E-state index is 11.9. The average molecular weight is 370 g/mol. The predicted molar refractivity (Wildman–Crippen MR) is 101 cm³/mol. The first-order valence-corrected chi connectivity index (χ1v) is 9.25. The number of alkyl carbamates (subject to hydrolysis) is 1. The van der Waals surface area contributed by atoms with Gasteiger partial charge in [0.2, 0.25) is 5.91 Å². The second-order valence-electron chi connectivity index (χ2n) is 7.29. The Labute approximate surface area is 156 Å². The molecule has 0 aliphatic carbocycles. The lowest BCUT2D eigenvalue weighted by molar-refractivity contribution is -0.141. The van der Waals surface area contributed by atoms with Crippen molar-refractivity contribution < 1.29 is 24.2 Å². The minimum atomic E-state index is -1.20. The van der Waals surface area contributed by atoms with Crippen molar-refractivity contribution in [2.75, 3.05) is 6.54 Å². The molecule has 0 aliphatic rings. The smallest absolute Gasteiger partial charge is 0.407 e. The summed E-state index contributed by atoms with van der Waals surface area (Å²) in [6, 6.07) is -1.17. The summed E-state index contributed by atoms with van der Waals surface area (Å²) < 4.78 is 5.04. The molecule has 0 rings (SSSR count). The topological polar surface area (TPSA) is 105 Å². The van der Waals surface area contributed by atoms with Gasteiger partial charge in [0.25, 0.3) is 0 Å². The van der Waals surface area contributed by atoms with Crippen molar-refractivity contribution in [3.63, 3.8) is 0 Å². The zero-order valence-electron chi connectivity index (χ0n) is 16.3. The van der Waals surface area contributed by atoms with E-state index in [2.05, 4.69) is 17.2 Å². The number of hydrogen-bond acceptors (Lipinski definition) is 4. The van der Waals surface area contributed by atoms with Crippen LogP contribution in [0.5, 0.6) is 0 Å². The Morgan fingerprint density at radius 2 is 1.65 bits per heavy atom. The largest absolute Gasteiger partial charge is 0.480 e. The molecule has 0 heterocycles. The maximum absolute atomic E-state index is 11.9. The SMILES string of the molecule is C=CCCCCCCCCC(=O)NC(CNC(=O)OC(C)(C)C)C(=O)O. The summed E-state index contributed by atoms with van der Waals surface area (Å²) in [5.41, 5.74) is -0.669. The lowest BCUT2D eigenvalue weighted by Crippen LogP contribution is -2.49. The molecular formula is C19H34N2O5. The van der Waals surface area contributed by atoms with Gasteiger partial charge in [0.15, 0.2) is 0 Å². The van der Waals surface area contributed by atoms with Gasteiger partial charge in [0.05, 0.1) is 6.54 Å². The van der Waals surface area contributed by atoms with Crippen molar-refractivity contribution in [1.29, 1.82) is 0 Å². The minimum Gasteiger partial charge on any atom is -0.480 e. The Balaban J connectivity index is 3.99. The number of carbonyl (C=O) groups excluding carboxylic acids is 2. The summed E-state index contributed by atoms with van der Waals surface area (Å²) in [5.74, 6) is -1.52. The fourth-order valence-corrected chi connectivity index (χ4v) is 2.25. The number of unbranched alkanes of at least 4 members (excludes halogenated alkanes) is 6. The van der Waals surface area contributed by atoms with E-state index in [1.54, 1.807) is 20.8 Å². The molecule has 0 aromatic rings. The van der Waals surface area contributed by atoms with E-state index in [9.17, 15) is 14.4 Å². The zero-order valence-corrected chi connectivity index (χ0v) is 16.3. The molecule has 150 valence electrons. The van der Waals surface area contributed by atoms with Crippen molar-refractivity contribution in [1.82, 2.24) is 10.6 Å². The molecule has 0 saturated carbocycles. The minimum absolute atomic E-state index is 0.223. The Morgan fingerprint density at radius 1 is 1.08 bits per heavy atom. The molecule has 7 nitrogen and oxygen atoms in total. The van der Waals surface area contributed by atoms with Crippen LogP contribution in [0.3, 0.4) is 0 Å². The molecule has 0 bridgehead atoms. The highest BCUT2D eigenvalue weighted by Gasteiger charge is 2.22. The van der Waals surface area contributed by atoms with Crippen molar-refractivity contribution >= 4 is 18.0 Å². The summed E-state index contributed by atoms with van der Waals surface area (Å²) in [5, 5.41) is 14.0. The summed E-state index contributed by atoms with van der Waals surface area (Å²) >= 11 is 0. The third-order valence-corrected chi connectivity index (χ3v) is 3.54. The van der Waals surface area contributed by atoms with E-state index in [0.29, 0.717) is 0 Å². The first kappa shape index (κ1) is 23.9. The number of rotatable bonds is 13. The number of amides is 2. The molecule has 26 heavy (non-hydrogen) atoms. The summed E-state index contributed by atoms with van der Waals surface area (Å²) in [6.45, 7) is 8.59. The van der Waals surface area contributed by atoms with Crippen LogP contribution < -0.4 is 10.6 Å². The normalized spacial score (nSPS) is 12.1. The fourth-order valence-electron chi connectivity index (χ4n) is 2.25. The van der Waals surface area contributed by atoms with Gasteiger partial charge in [-0.05, 0) is 40.0 Å². The van der Waals surface area contributed by atoms with E-state index >= 15 is 0 Å². The van der Waals surface area contributed by atoms with Crippen LogP contribution in [0.1, 0.15) is 72.1 Å². The molecule has 7 heteroatoms. The third kappa shape index (κ3) is 14.3. The van der Waals surface area contributed by atoms with Crippen molar-refractivity contribution in [2.45, 2.75) is 83.8 Å². The first-order chi connectivity index (χ1) is 12.2. The van der Waals surface area contributed by atoms with Crippen molar-refractivity contribution in [3.8, 4) is 0 Å². The first-order valence-electron chi connectivity index (χ1n) is 9.25. The molecular weight excluding hydrogens is 336 g/mol. The molecule has 0 aromatic heterocycles. The third-order valence-electron chi connectivity index (χ3n) is 3.54. The van der Waals surface area contributed by atoms with Gasteiger partial charge in [0.1, 0.15) is 11.6 Å². The Morgan fingerprint density at radius 3 is 2.19 bits per heavy atom. The molecule has 0 saturated heterocycles. The zero-order chi connectivity index (χ0) is 20.0. The van der Waals surface area contributed by atoms with E-state index in [-0.39, 0.29) is 18.9 Å². The second kappa shape index (κ2) is 13.2. The average Bonchev–Trinajstić information content (AvgIpc) is 2.52. The molecule has 3 N–H and O–H groups in total. The molecule has 0 radical (unpaired) electrons. The number of carbonyl (C=O) groups is 3. The fraction of sp³-hybridized carbons (Fsp3) is 0.737. The van der Waals surface area contributed by atoms with Crippen molar-refractivity contribution in [3.05, 3.63) is 12.7 Å².